The molecule has 2 aromatic carbocycles. The highest BCUT2D eigenvalue weighted by atomic mass is 35.5. The summed E-state index contributed by atoms with van der Waals surface area (Å²) >= 11 is 11.9. The highest BCUT2D eigenvalue weighted by Gasteiger charge is 2.35. The van der Waals surface area contributed by atoms with E-state index in [0.29, 0.717) is 12.8 Å². The predicted molar refractivity (Wildman–Crippen MR) is 108 cm³/mol. The van der Waals surface area contributed by atoms with Gasteiger partial charge in [0.2, 0.25) is 15.9 Å². The van der Waals surface area contributed by atoms with E-state index in [4.69, 9.17) is 23.2 Å². The molecule has 1 fully saturated rings. The monoisotopic (exact) mass is 480 g/mol. The Hall–Kier alpha value is -1.81. The van der Waals surface area contributed by atoms with Gasteiger partial charge in [-0.3, -0.25) is 4.79 Å². The second kappa shape index (κ2) is 8.74. The number of rotatable bonds is 4. The highest BCUT2D eigenvalue weighted by molar-refractivity contribution is 7.89. The van der Waals surface area contributed by atoms with Crippen LogP contribution in [-0.2, 0) is 21.0 Å². The van der Waals surface area contributed by atoms with Crippen molar-refractivity contribution < 1.29 is 26.4 Å². The molecule has 0 aliphatic carbocycles. The molecule has 1 aliphatic rings. The Labute approximate surface area is 181 Å². The smallest absolute Gasteiger partial charge is 0.326 e. The molecule has 1 heterocycles. The Balaban J connectivity index is 1.76. The number of nitrogens with one attached hydrogen (secondary N) is 1. The van der Waals surface area contributed by atoms with E-state index in [9.17, 15) is 26.4 Å². The second-order valence-corrected chi connectivity index (χ2v) is 9.59. The van der Waals surface area contributed by atoms with Gasteiger partial charge in [-0.2, -0.15) is 17.5 Å². The van der Waals surface area contributed by atoms with Crippen LogP contribution in [0.3, 0.4) is 0 Å². The van der Waals surface area contributed by atoms with Crippen molar-refractivity contribution >= 4 is 44.8 Å². The summed E-state index contributed by atoms with van der Waals surface area (Å²) in [6.45, 7) is 0.0779. The molecule has 1 aliphatic heterocycles. The van der Waals surface area contributed by atoms with Crippen molar-refractivity contribution in [2.24, 2.45) is 5.92 Å². The van der Waals surface area contributed by atoms with Gasteiger partial charge in [0.15, 0.2) is 0 Å². The van der Waals surface area contributed by atoms with Gasteiger partial charge in [0.25, 0.3) is 0 Å². The van der Waals surface area contributed by atoms with Gasteiger partial charge in [-0.15, -0.1) is 0 Å². The topological polar surface area (TPSA) is 66.5 Å². The van der Waals surface area contributed by atoms with Gasteiger partial charge in [-0.05, 0) is 49.2 Å². The Morgan fingerprint density at radius 3 is 2.57 bits per heavy atom. The number of hydrogen-bond acceptors (Lipinski definition) is 3. The minimum absolute atomic E-state index is 0.00677. The van der Waals surface area contributed by atoms with Gasteiger partial charge in [-0.25, -0.2) is 8.42 Å². The van der Waals surface area contributed by atoms with Crippen molar-refractivity contribution in [1.82, 2.24) is 4.31 Å². The predicted octanol–water partition coefficient (Wildman–Crippen LogP) is 5.05. The Bertz CT molecular complexity index is 1060. The molecule has 11 heteroatoms. The number of amides is 1. The summed E-state index contributed by atoms with van der Waals surface area (Å²) in [6.07, 6.45) is -3.72. The summed E-state index contributed by atoms with van der Waals surface area (Å²) in [5.74, 6) is -1.27. The molecule has 3 rings (SSSR count). The van der Waals surface area contributed by atoms with Crippen molar-refractivity contribution in [1.29, 1.82) is 0 Å². The molecule has 0 bridgehead atoms. The molecule has 2 aromatic rings. The second-order valence-electron chi connectivity index (χ2n) is 6.84. The first kappa shape index (κ1) is 22.9. The van der Waals surface area contributed by atoms with E-state index in [2.05, 4.69) is 5.32 Å². The molecule has 0 aromatic heterocycles. The fourth-order valence-electron chi connectivity index (χ4n) is 3.21. The molecule has 30 heavy (non-hydrogen) atoms. The van der Waals surface area contributed by atoms with E-state index in [1.807, 2.05) is 0 Å². The lowest BCUT2D eigenvalue weighted by Gasteiger charge is -2.31. The van der Waals surface area contributed by atoms with Crippen LogP contribution in [0.4, 0.5) is 18.9 Å². The maximum Gasteiger partial charge on any atom is 0.416 e. The number of anilines is 1. The molecule has 1 saturated heterocycles. The number of nitrogens with zero attached hydrogens (tertiary/aromatic N) is 1. The summed E-state index contributed by atoms with van der Waals surface area (Å²) in [5.41, 5.74) is -0.892. The van der Waals surface area contributed by atoms with Gasteiger partial charge in [-0.1, -0.05) is 29.3 Å². The van der Waals surface area contributed by atoms with Gasteiger partial charge in [0.05, 0.1) is 16.5 Å². The summed E-state index contributed by atoms with van der Waals surface area (Å²) in [5, 5.41) is 2.66. The largest absolute Gasteiger partial charge is 0.416 e. The number of hydrogen-bond donors (Lipinski definition) is 1. The lowest BCUT2D eigenvalue weighted by molar-refractivity contribution is -0.137. The zero-order chi connectivity index (χ0) is 22.1. The molecule has 0 unspecified atom stereocenters. The summed E-state index contributed by atoms with van der Waals surface area (Å²) in [6, 6.07) is 8.35. The number of halogens is 5. The molecular weight excluding hydrogens is 464 g/mol. The van der Waals surface area contributed by atoms with E-state index in [0.717, 1.165) is 16.4 Å². The van der Waals surface area contributed by atoms with Crippen molar-refractivity contribution in [3.05, 3.63) is 58.1 Å². The minimum atomic E-state index is -4.54. The number of piperidine rings is 1. The van der Waals surface area contributed by atoms with Gasteiger partial charge < -0.3 is 5.32 Å². The average molecular weight is 481 g/mol. The van der Waals surface area contributed by atoms with Crippen LogP contribution in [0.5, 0.6) is 0 Å². The molecule has 0 spiro atoms. The quantitative estimate of drug-likeness (QED) is 0.665. The minimum Gasteiger partial charge on any atom is -0.326 e. The van der Waals surface area contributed by atoms with E-state index in [1.54, 1.807) is 0 Å². The molecule has 1 atom stereocenters. The third kappa shape index (κ3) is 5.08. The molecule has 0 radical (unpaired) electrons. The third-order valence-electron chi connectivity index (χ3n) is 4.72. The molecule has 0 saturated carbocycles. The van der Waals surface area contributed by atoms with E-state index in [1.165, 1.54) is 30.3 Å². The summed E-state index contributed by atoms with van der Waals surface area (Å²) in [4.78, 5) is 12.4. The zero-order valence-corrected chi connectivity index (χ0v) is 17.7. The first-order chi connectivity index (χ1) is 14.0. The van der Waals surface area contributed by atoms with Gasteiger partial charge in [0, 0.05) is 23.8 Å². The average Bonchev–Trinajstić information content (AvgIpc) is 2.69. The van der Waals surface area contributed by atoms with Crippen LogP contribution in [0.25, 0.3) is 0 Å². The van der Waals surface area contributed by atoms with Crippen LogP contribution >= 0.6 is 23.2 Å². The lowest BCUT2D eigenvalue weighted by Crippen LogP contribution is -2.43. The highest BCUT2D eigenvalue weighted by Crippen LogP contribution is 2.32. The number of carbonyl (C=O) groups is 1. The van der Waals surface area contributed by atoms with Crippen molar-refractivity contribution in [3.63, 3.8) is 0 Å². The van der Waals surface area contributed by atoms with Crippen LogP contribution < -0.4 is 5.32 Å². The fraction of sp³-hybridized carbons (Fsp3) is 0.316. The molecule has 5 nitrogen and oxygen atoms in total. The molecule has 162 valence electrons. The van der Waals surface area contributed by atoms with Crippen LogP contribution in [0.2, 0.25) is 10.0 Å². The van der Waals surface area contributed by atoms with Crippen molar-refractivity contribution in [2.75, 3.05) is 18.4 Å². The first-order valence-corrected chi connectivity index (χ1v) is 11.1. The number of sulfonamides is 1. The summed E-state index contributed by atoms with van der Waals surface area (Å²) in [7, 11) is -3.99. The maximum absolute atomic E-state index is 13.0. The van der Waals surface area contributed by atoms with E-state index >= 15 is 0 Å². The van der Waals surface area contributed by atoms with Crippen LogP contribution in [0, 0.1) is 5.92 Å². The SMILES string of the molecule is O=C(Nc1cccc(C(F)(F)F)c1)[C@@H]1CCCN(S(=O)(=O)c2cc(Cl)ccc2Cl)C1. The summed E-state index contributed by atoms with van der Waals surface area (Å²) < 4.78 is 65.7. The van der Waals surface area contributed by atoms with E-state index < -0.39 is 33.6 Å². The normalized spacial score (nSPS) is 18.2. The number of alkyl halides is 3. The first-order valence-electron chi connectivity index (χ1n) is 8.92. The Morgan fingerprint density at radius 1 is 1.13 bits per heavy atom. The standard InChI is InChI=1S/C19H17Cl2F3N2O3S/c20-14-6-7-16(21)17(10-14)30(28,29)26-8-2-3-12(11-26)18(27)25-15-5-1-4-13(9-15)19(22,23)24/h1,4-7,9-10,12H,2-3,8,11H2,(H,25,27)/t12-/m1/s1. The zero-order valence-electron chi connectivity index (χ0n) is 15.4. The van der Waals surface area contributed by atoms with Gasteiger partial charge >= 0.3 is 6.18 Å². The lowest BCUT2D eigenvalue weighted by atomic mass is 9.98. The molecule has 1 amide bonds. The fourth-order valence-corrected chi connectivity index (χ4v) is 5.47. The van der Waals surface area contributed by atoms with Gasteiger partial charge in [0.1, 0.15) is 4.90 Å². The molecular formula is C19H17Cl2F3N2O3S. The van der Waals surface area contributed by atoms with Crippen LogP contribution in [-0.4, -0.2) is 31.7 Å². The Morgan fingerprint density at radius 2 is 1.87 bits per heavy atom. The number of benzene rings is 2. The van der Waals surface area contributed by atoms with E-state index in [-0.39, 0.29) is 33.7 Å². The Kier molecular flexibility index (Phi) is 6.66. The van der Waals surface area contributed by atoms with Crippen molar-refractivity contribution in [3.8, 4) is 0 Å². The number of carbonyl (C=O) groups excluding carboxylic acids is 1. The third-order valence-corrected chi connectivity index (χ3v) is 7.31. The van der Waals surface area contributed by atoms with Crippen LogP contribution in [0.15, 0.2) is 47.4 Å². The molecule has 1 N–H and O–H groups in total. The maximum atomic E-state index is 13.0. The van der Waals surface area contributed by atoms with Crippen molar-refractivity contribution in [2.45, 2.75) is 23.9 Å². The van der Waals surface area contributed by atoms with Crippen LogP contribution in [0.1, 0.15) is 18.4 Å².